The van der Waals surface area contributed by atoms with Gasteiger partial charge in [0.1, 0.15) is 6.61 Å². The third-order valence-corrected chi connectivity index (χ3v) is 2.16. The summed E-state index contributed by atoms with van der Waals surface area (Å²) >= 11 is 0. The topological polar surface area (TPSA) is 46.5 Å². The van der Waals surface area contributed by atoms with Crippen LogP contribution in [0.4, 0.5) is 0 Å². The lowest BCUT2D eigenvalue weighted by atomic mass is 9.97. The van der Waals surface area contributed by atoms with E-state index in [1.54, 1.807) is 0 Å². The van der Waals surface area contributed by atoms with Crippen LogP contribution in [-0.2, 0) is 22.7 Å². The molecule has 0 spiro atoms. The molecule has 0 aliphatic heterocycles. The average Bonchev–Trinajstić information content (AvgIpc) is 2.25. The van der Waals surface area contributed by atoms with Gasteiger partial charge in [0.2, 0.25) is 0 Å². The number of aliphatic hydroxyl groups is 1. The first-order chi connectivity index (χ1) is 7.43. The monoisotopic (exact) mass is 222 g/mol. The van der Waals surface area contributed by atoms with Crippen molar-refractivity contribution in [3.05, 3.63) is 35.4 Å². The molecule has 0 unspecified atom stereocenters. The molecule has 1 aromatic rings. The summed E-state index contributed by atoms with van der Waals surface area (Å²) < 4.78 is 5.17. The van der Waals surface area contributed by atoms with Gasteiger partial charge in [0.15, 0.2) is 0 Å². The van der Waals surface area contributed by atoms with Crippen LogP contribution in [0.1, 0.15) is 31.9 Å². The normalized spacial score (nSPS) is 11.2. The predicted octanol–water partition coefficient (Wildman–Crippen LogP) is 2.27. The first-order valence-corrected chi connectivity index (χ1v) is 5.29. The quantitative estimate of drug-likeness (QED) is 0.798. The summed E-state index contributed by atoms with van der Waals surface area (Å²) in [4.78, 5) is 11.5. The second kappa shape index (κ2) is 5.12. The lowest BCUT2D eigenvalue weighted by Crippen LogP contribution is -2.22. The van der Waals surface area contributed by atoms with Gasteiger partial charge in [-0.25, -0.2) is 0 Å². The van der Waals surface area contributed by atoms with Crippen molar-refractivity contribution in [3.8, 4) is 0 Å². The fraction of sp³-hybridized carbons (Fsp3) is 0.462. The maximum atomic E-state index is 11.5. The number of benzene rings is 1. The van der Waals surface area contributed by atoms with E-state index >= 15 is 0 Å². The van der Waals surface area contributed by atoms with Crippen molar-refractivity contribution in [3.63, 3.8) is 0 Å². The summed E-state index contributed by atoms with van der Waals surface area (Å²) in [6, 6.07) is 7.37. The molecule has 0 bridgehead atoms. The molecule has 0 aliphatic rings. The van der Waals surface area contributed by atoms with E-state index in [9.17, 15) is 4.79 Å². The molecular formula is C13H18O3. The molecule has 3 heteroatoms. The third kappa shape index (κ3) is 3.66. The molecule has 0 atom stereocenters. The Bertz CT molecular complexity index is 364. The van der Waals surface area contributed by atoms with Crippen LogP contribution >= 0.6 is 0 Å². The fourth-order valence-electron chi connectivity index (χ4n) is 1.18. The highest BCUT2D eigenvalue weighted by molar-refractivity contribution is 5.75. The van der Waals surface area contributed by atoms with E-state index in [0.29, 0.717) is 0 Å². The molecule has 88 valence electrons. The first kappa shape index (κ1) is 12.7. The van der Waals surface area contributed by atoms with Gasteiger partial charge in [0, 0.05) is 0 Å². The zero-order chi connectivity index (χ0) is 12.2. The first-order valence-electron chi connectivity index (χ1n) is 5.29. The van der Waals surface area contributed by atoms with Gasteiger partial charge >= 0.3 is 5.97 Å². The second-order valence-corrected chi connectivity index (χ2v) is 4.80. The molecule has 1 N–H and O–H groups in total. The van der Waals surface area contributed by atoms with E-state index in [4.69, 9.17) is 9.84 Å². The maximum absolute atomic E-state index is 11.5. The molecule has 3 nitrogen and oxygen atoms in total. The van der Waals surface area contributed by atoms with Crippen LogP contribution in [0.2, 0.25) is 0 Å². The smallest absolute Gasteiger partial charge is 0.311 e. The Hall–Kier alpha value is -1.35. The van der Waals surface area contributed by atoms with Crippen LogP contribution in [0.5, 0.6) is 0 Å². The molecule has 0 aromatic heterocycles. The molecule has 0 saturated carbocycles. The highest BCUT2D eigenvalue weighted by Gasteiger charge is 2.22. The largest absolute Gasteiger partial charge is 0.460 e. The zero-order valence-corrected chi connectivity index (χ0v) is 9.99. The SMILES string of the molecule is CC(C)(C)C(=O)OCc1cccc(CO)c1. The van der Waals surface area contributed by atoms with Crippen molar-refractivity contribution >= 4 is 5.97 Å². The predicted molar refractivity (Wildman–Crippen MR) is 61.6 cm³/mol. The average molecular weight is 222 g/mol. The molecule has 0 heterocycles. The lowest BCUT2D eigenvalue weighted by molar-refractivity contribution is -0.154. The highest BCUT2D eigenvalue weighted by atomic mass is 16.5. The van der Waals surface area contributed by atoms with E-state index in [0.717, 1.165) is 11.1 Å². The summed E-state index contributed by atoms with van der Waals surface area (Å²) in [5.74, 6) is -0.220. The number of carbonyl (C=O) groups is 1. The van der Waals surface area contributed by atoms with Crippen LogP contribution in [0.25, 0.3) is 0 Å². The van der Waals surface area contributed by atoms with Gasteiger partial charge in [-0.05, 0) is 31.9 Å². The molecule has 1 rings (SSSR count). The molecule has 0 fully saturated rings. The molecule has 1 aromatic carbocycles. The van der Waals surface area contributed by atoms with Crippen molar-refractivity contribution in [2.45, 2.75) is 34.0 Å². The van der Waals surface area contributed by atoms with Crippen LogP contribution in [0.3, 0.4) is 0 Å². The molecular weight excluding hydrogens is 204 g/mol. The molecule has 16 heavy (non-hydrogen) atoms. The lowest BCUT2D eigenvalue weighted by Gasteiger charge is -2.16. The Labute approximate surface area is 96.1 Å². The summed E-state index contributed by atoms with van der Waals surface area (Å²) in [6.45, 7) is 5.71. The summed E-state index contributed by atoms with van der Waals surface area (Å²) in [5.41, 5.74) is 1.24. The minimum atomic E-state index is -0.478. The van der Waals surface area contributed by atoms with E-state index < -0.39 is 5.41 Å². The minimum Gasteiger partial charge on any atom is -0.460 e. The van der Waals surface area contributed by atoms with Gasteiger partial charge in [-0.3, -0.25) is 4.79 Å². The van der Waals surface area contributed by atoms with Crippen molar-refractivity contribution in [1.82, 2.24) is 0 Å². The molecule has 0 radical (unpaired) electrons. The summed E-state index contributed by atoms with van der Waals surface area (Å²) in [5, 5.41) is 8.96. The number of hydrogen-bond acceptors (Lipinski definition) is 3. The Morgan fingerprint density at radius 2 is 1.94 bits per heavy atom. The highest BCUT2D eigenvalue weighted by Crippen LogP contribution is 2.16. The van der Waals surface area contributed by atoms with E-state index in [-0.39, 0.29) is 19.2 Å². The molecule has 0 aliphatic carbocycles. The number of aliphatic hydroxyl groups excluding tert-OH is 1. The van der Waals surface area contributed by atoms with Gasteiger partial charge in [-0.1, -0.05) is 24.3 Å². The van der Waals surface area contributed by atoms with Crippen LogP contribution in [0, 0.1) is 5.41 Å². The minimum absolute atomic E-state index is 0.00105. The number of rotatable bonds is 3. The van der Waals surface area contributed by atoms with Crippen molar-refractivity contribution < 1.29 is 14.6 Å². The zero-order valence-electron chi connectivity index (χ0n) is 9.99. The Morgan fingerprint density at radius 1 is 1.31 bits per heavy atom. The maximum Gasteiger partial charge on any atom is 0.311 e. The Morgan fingerprint density at radius 3 is 2.50 bits per heavy atom. The van der Waals surface area contributed by atoms with Gasteiger partial charge in [-0.2, -0.15) is 0 Å². The van der Waals surface area contributed by atoms with Crippen molar-refractivity contribution in [1.29, 1.82) is 0 Å². The summed E-state index contributed by atoms with van der Waals surface area (Å²) in [7, 11) is 0. The number of carbonyl (C=O) groups excluding carboxylic acids is 1. The van der Waals surface area contributed by atoms with Crippen LogP contribution in [-0.4, -0.2) is 11.1 Å². The van der Waals surface area contributed by atoms with E-state index in [1.807, 2.05) is 45.0 Å². The van der Waals surface area contributed by atoms with Crippen molar-refractivity contribution in [2.75, 3.05) is 0 Å². The van der Waals surface area contributed by atoms with Gasteiger partial charge in [0.25, 0.3) is 0 Å². The molecule has 0 amide bonds. The second-order valence-electron chi connectivity index (χ2n) is 4.80. The van der Waals surface area contributed by atoms with E-state index in [1.165, 1.54) is 0 Å². The Balaban J connectivity index is 2.58. The van der Waals surface area contributed by atoms with Gasteiger partial charge in [-0.15, -0.1) is 0 Å². The van der Waals surface area contributed by atoms with Gasteiger partial charge < -0.3 is 9.84 Å². The van der Waals surface area contributed by atoms with Gasteiger partial charge in [0.05, 0.1) is 12.0 Å². The van der Waals surface area contributed by atoms with Crippen LogP contribution in [0.15, 0.2) is 24.3 Å². The van der Waals surface area contributed by atoms with Crippen molar-refractivity contribution in [2.24, 2.45) is 5.41 Å². The number of hydrogen-bond donors (Lipinski definition) is 1. The summed E-state index contributed by atoms with van der Waals surface area (Å²) in [6.07, 6.45) is 0. The fourth-order valence-corrected chi connectivity index (χ4v) is 1.18. The molecule has 0 saturated heterocycles. The number of esters is 1. The standard InChI is InChI=1S/C13H18O3/c1-13(2,3)12(15)16-9-11-6-4-5-10(7-11)8-14/h4-7,14H,8-9H2,1-3H3. The Kier molecular flexibility index (Phi) is 4.07. The van der Waals surface area contributed by atoms with E-state index in [2.05, 4.69) is 0 Å². The van der Waals surface area contributed by atoms with Crippen LogP contribution < -0.4 is 0 Å². The third-order valence-electron chi connectivity index (χ3n) is 2.16. The number of ether oxygens (including phenoxy) is 1.